The highest BCUT2D eigenvalue weighted by atomic mass is 16.5. The van der Waals surface area contributed by atoms with Crippen molar-refractivity contribution in [2.75, 3.05) is 20.3 Å². The van der Waals surface area contributed by atoms with Gasteiger partial charge in [0, 0.05) is 30.2 Å². The number of nitrogens with one attached hydrogen (secondary N) is 1. The van der Waals surface area contributed by atoms with E-state index in [-0.39, 0.29) is 16.8 Å². The van der Waals surface area contributed by atoms with Gasteiger partial charge in [-0.05, 0) is 31.9 Å². The third kappa shape index (κ3) is 3.34. The molecule has 28 heavy (non-hydrogen) atoms. The van der Waals surface area contributed by atoms with Gasteiger partial charge in [0.1, 0.15) is 5.76 Å². The average molecular weight is 377 g/mol. The van der Waals surface area contributed by atoms with Crippen molar-refractivity contribution in [3.05, 3.63) is 69.9 Å². The van der Waals surface area contributed by atoms with Gasteiger partial charge in [-0.15, -0.1) is 0 Å². The van der Waals surface area contributed by atoms with Gasteiger partial charge < -0.3 is 14.5 Å². The predicted molar refractivity (Wildman–Crippen MR) is 109 cm³/mol. The lowest BCUT2D eigenvalue weighted by Crippen LogP contribution is -2.32. The quantitative estimate of drug-likeness (QED) is 0.707. The van der Waals surface area contributed by atoms with E-state index in [0.717, 1.165) is 18.4 Å². The van der Waals surface area contributed by atoms with Gasteiger partial charge in [0.2, 0.25) is 0 Å². The predicted octanol–water partition coefficient (Wildman–Crippen LogP) is 3.92. The van der Waals surface area contributed by atoms with Crippen molar-refractivity contribution >= 4 is 16.9 Å². The second kappa shape index (κ2) is 7.24. The van der Waals surface area contributed by atoms with Crippen LogP contribution in [0.4, 0.5) is 0 Å². The topological polar surface area (TPSA) is 68.5 Å². The molecule has 3 aromatic rings. The van der Waals surface area contributed by atoms with Crippen LogP contribution >= 0.6 is 0 Å². The number of fused-ring (bicyclic) bond motifs is 1. The minimum absolute atomic E-state index is 0.0433. The van der Waals surface area contributed by atoms with Crippen LogP contribution in [-0.2, 0) is 4.74 Å². The number of hydrogen-bond acceptors (Lipinski definition) is 4. The zero-order valence-electron chi connectivity index (χ0n) is 16.1. The van der Waals surface area contributed by atoms with Crippen molar-refractivity contribution in [1.82, 2.24) is 5.32 Å². The molecule has 5 heteroatoms. The van der Waals surface area contributed by atoms with Crippen molar-refractivity contribution < 1.29 is 13.9 Å². The first-order valence-corrected chi connectivity index (χ1v) is 9.44. The van der Waals surface area contributed by atoms with E-state index >= 15 is 0 Å². The Balaban J connectivity index is 1.74. The summed E-state index contributed by atoms with van der Waals surface area (Å²) in [5.41, 5.74) is 1.97. The molecule has 1 aliphatic carbocycles. The molecular formula is C23H23NO4. The van der Waals surface area contributed by atoms with E-state index in [2.05, 4.69) is 5.32 Å². The Hall–Kier alpha value is -2.92. The fraction of sp³-hybridized carbons (Fsp3) is 0.304. The standard InChI is InChI=1S/C23H23NO4/c1-15-19(25)17-9-6-10-18(22(26)24-13-23(11-12-23)14-27-2)21(17)28-20(15)16-7-4-3-5-8-16/h3-10H,11-14H2,1-2H3,(H,24,26). The van der Waals surface area contributed by atoms with Crippen LogP contribution < -0.4 is 10.7 Å². The molecule has 0 aliphatic heterocycles. The lowest BCUT2D eigenvalue weighted by Gasteiger charge is -2.15. The van der Waals surface area contributed by atoms with E-state index < -0.39 is 0 Å². The van der Waals surface area contributed by atoms with Crippen molar-refractivity contribution in [3.8, 4) is 11.3 Å². The van der Waals surface area contributed by atoms with Crippen LogP contribution in [0.3, 0.4) is 0 Å². The van der Waals surface area contributed by atoms with Crippen molar-refractivity contribution in [2.24, 2.45) is 5.41 Å². The van der Waals surface area contributed by atoms with E-state index in [9.17, 15) is 9.59 Å². The summed E-state index contributed by atoms with van der Waals surface area (Å²) in [6.45, 7) is 2.94. The molecule has 1 N–H and O–H groups in total. The van der Waals surface area contributed by atoms with Crippen LogP contribution in [0.25, 0.3) is 22.3 Å². The van der Waals surface area contributed by atoms with E-state index in [1.165, 1.54) is 0 Å². The Morgan fingerprint density at radius 2 is 1.89 bits per heavy atom. The van der Waals surface area contributed by atoms with Crippen LogP contribution in [0.5, 0.6) is 0 Å². The van der Waals surface area contributed by atoms with Crippen LogP contribution in [0.15, 0.2) is 57.7 Å². The molecule has 0 saturated heterocycles. The molecule has 5 nitrogen and oxygen atoms in total. The van der Waals surface area contributed by atoms with Crippen molar-refractivity contribution in [3.63, 3.8) is 0 Å². The Morgan fingerprint density at radius 1 is 1.14 bits per heavy atom. The molecule has 0 atom stereocenters. The van der Waals surface area contributed by atoms with Crippen LogP contribution in [0.1, 0.15) is 28.8 Å². The fourth-order valence-electron chi connectivity index (χ4n) is 3.57. The van der Waals surface area contributed by atoms with E-state index in [1.807, 2.05) is 30.3 Å². The Labute approximate surface area is 163 Å². The molecule has 0 spiro atoms. The fourth-order valence-corrected chi connectivity index (χ4v) is 3.57. The van der Waals surface area contributed by atoms with Gasteiger partial charge in [0.05, 0.1) is 17.6 Å². The lowest BCUT2D eigenvalue weighted by atomic mass is 10.0. The van der Waals surface area contributed by atoms with E-state index in [4.69, 9.17) is 9.15 Å². The zero-order valence-corrected chi connectivity index (χ0v) is 16.1. The number of methoxy groups -OCH3 is 1. The summed E-state index contributed by atoms with van der Waals surface area (Å²) in [6.07, 6.45) is 2.09. The molecule has 1 heterocycles. The third-order valence-electron chi connectivity index (χ3n) is 5.46. The lowest BCUT2D eigenvalue weighted by molar-refractivity contribution is 0.0920. The van der Waals surface area contributed by atoms with E-state index in [1.54, 1.807) is 32.2 Å². The second-order valence-electron chi connectivity index (χ2n) is 7.55. The minimum Gasteiger partial charge on any atom is -0.455 e. The smallest absolute Gasteiger partial charge is 0.255 e. The molecule has 144 valence electrons. The first kappa shape index (κ1) is 18.4. The van der Waals surface area contributed by atoms with Crippen LogP contribution in [0, 0.1) is 12.3 Å². The summed E-state index contributed by atoms with van der Waals surface area (Å²) in [7, 11) is 1.68. The maximum atomic E-state index is 12.9. The first-order valence-electron chi connectivity index (χ1n) is 9.44. The highest BCUT2D eigenvalue weighted by molar-refractivity contribution is 6.05. The number of amides is 1. The molecule has 2 aromatic carbocycles. The van der Waals surface area contributed by atoms with Crippen LogP contribution in [-0.4, -0.2) is 26.2 Å². The molecule has 1 amide bonds. The number of para-hydroxylation sites is 1. The van der Waals surface area contributed by atoms with Gasteiger partial charge in [-0.1, -0.05) is 36.4 Å². The van der Waals surface area contributed by atoms with Gasteiger partial charge >= 0.3 is 0 Å². The number of carbonyl (C=O) groups is 1. The zero-order chi connectivity index (χ0) is 19.7. The maximum Gasteiger partial charge on any atom is 0.255 e. The van der Waals surface area contributed by atoms with Gasteiger partial charge in [-0.2, -0.15) is 0 Å². The van der Waals surface area contributed by atoms with Crippen molar-refractivity contribution in [2.45, 2.75) is 19.8 Å². The molecule has 1 aromatic heterocycles. The summed E-state index contributed by atoms with van der Waals surface area (Å²) < 4.78 is 11.4. The monoisotopic (exact) mass is 377 g/mol. The molecule has 0 radical (unpaired) electrons. The molecular weight excluding hydrogens is 354 g/mol. The SMILES string of the molecule is COCC1(CNC(=O)c2cccc3c(=O)c(C)c(-c4ccccc4)oc23)CC1. The Bertz CT molecular complexity index is 1080. The molecule has 1 fully saturated rings. The van der Waals surface area contributed by atoms with Gasteiger partial charge in [-0.3, -0.25) is 9.59 Å². The number of rotatable bonds is 6. The van der Waals surface area contributed by atoms with Gasteiger partial charge in [0.15, 0.2) is 11.0 Å². The summed E-state index contributed by atoms with van der Waals surface area (Å²) in [4.78, 5) is 25.8. The molecule has 0 bridgehead atoms. The van der Waals surface area contributed by atoms with Gasteiger partial charge in [-0.25, -0.2) is 0 Å². The molecule has 1 saturated carbocycles. The highest BCUT2D eigenvalue weighted by Gasteiger charge is 2.42. The van der Waals surface area contributed by atoms with E-state index in [0.29, 0.717) is 41.0 Å². The van der Waals surface area contributed by atoms with Gasteiger partial charge in [0.25, 0.3) is 5.91 Å². The second-order valence-corrected chi connectivity index (χ2v) is 7.55. The Morgan fingerprint density at radius 3 is 2.57 bits per heavy atom. The summed E-state index contributed by atoms with van der Waals surface area (Å²) in [5, 5.41) is 3.41. The minimum atomic E-state index is -0.237. The summed E-state index contributed by atoms with van der Waals surface area (Å²) in [6, 6.07) is 14.6. The average Bonchev–Trinajstić information content (AvgIpc) is 3.49. The molecule has 4 rings (SSSR count). The molecule has 1 aliphatic rings. The Kier molecular flexibility index (Phi) is 4.77. The number of ether oxygens (including phenoxy) is 1. The first-order chi connectivity index (χ1) is 13.5. The van der Waals surface area contributed by atoms with Crippen LogP contribution in [0.2, 0.25) is 0 Å². The maximum absolute atomic E-state index is 12.9. The summed E-state index contributed by atoms with van der Waals surface area (Å²) in [5.74, 6) is 0.260. The summed E-state index contributed by atoms with van der Waals surface area (Å²) >= 11 is 0. The molecule has 0 unspecified atom stereocenters. The number of hydrogen-bond donors (Lipinski definition) is 1. The highest BCUT2D eigenvalue weighted by Crippen LogP contribution is 2.45. The third-order valence-corrected chi connectivity index (χ3v) is 5.46. The largest absolute Gasteiger partial charge is 0.455 e. The number of carbonyl (C=O) groups excluding carboxylic acids is 1. The number of benzene rings is 2. The normalized spacial score (nSPS) is 14.8. The van der Waals surface area contributed by atoms with Crippen molar-refractivity contribution in [1.29, 1.82) is 0 Å².